The van der Waals surface area contributed by atoms with Crippen molar-refractivity contribution in [2.24, 2.45) is 5.92 Å². The molecule has 0 aromatic carbocycles. The van der Waals surface area contributed by atoms with E-state index in [0.29, 0.717) is 11.7 Å². The summed E-state index contributed by atoms with van der Waals surface area (Å²) in [5.74, 6) is 1.53. The molecule has 1 N–H and O–H groups in total. The van der Waals surface area contributed by atoms with Gasteiger partial charge in [-0.25, -0.2) is 4.98 Å². The van der Waals surface area contributed by atoms with Crippen LogP contribution in [0.2, 0.25) is 0 Å². The number of nitrogens with one attached hydrogen (secondary N) is 1. The number of nitrogens with zero attached hydrogens (tertiary/aromatic N) is 1. The van der Waals surface area contributed by atoms with Gasteiger partial charge in [0.15, 0.2) is 0 Å². The van der Waals surface area contributed by atoms with Crippen molar-refractivity contribution in [2.75, 3.05) is 0 Å². The number of aromatic amines is 1. The van der Waals surface area contributed by atoms with Crippen LogP contribution in [-0.2, 0) is 18.7 Å². The summed E-state index contributed by atoms with van der Waals surface area (Å²) < 4.78 is 0. The van der Waals surface area contributed by atoms with Crippen LogP contribution in [0, 0.1) is 5.92 Å². The molecule has 2 heterocycles. The summed E-state index contributed by atoms with van der Waals surface area (Å²) in [6, 6.07) is 0. The molecule has 17 heavy (non-hydrogen) atoms. The molecular formula is C12H13ClN2OS. The topological polar surface area (TPSA) is 45.8 Å². The molecule has 1 aliphatic rings. The van der Waals surface area contributed by atoms with Gasteiger partial charge in [0, 0.05) is 4.88 Å². The van der Waals surface area contributed by atoms with Crippen LogP contribution >= 0.6 is 22.9 Å². The zero-order chi connectivity index (χ0) is 12.0. The summed E-state index contributed by atoms with van der Waals surface area (Å²) in [6.45, 7) is 2.26. The monoisotopic (exact) mass is 268 g/mol. The highest BCUT2D eigenvalue weighted by molar-refractivity contribution is 7.18. The molecule has 0 aliphatic heterocycles. The van der Waals surface area contributed by atoms with Crippen LogP contribution in [0.5, 0.6) is 0 Å². The van der Waals surface area contributed by atoms with Crippen LogP contribution in [0.25, 0.3) is 10.2 Å². The van der Waals surface area contributed by atoms with E-state index in [4.69, 9.17) is 11.6 Å². The number of aromatic nitrogens is 2. The average molecular weight is 269 g/mol. The first-order valence-electron chi connectivity index (χ1n) is 5.78. The predicted molar refractivity (Wildman–Crippen MR) is 71.0 cm³/mol. The number of halogens is 1. The summed E-state index contributed by atoms with van der Waals surface area (Å²) >= 11 is 7.38. The number of hydrogen-bond donors (Lipinski definition) is 1. The van der Waals surface area contributed by atoms with Gasteiger partial charge in [-0.3, -0.25) is 4.79 Å². The number of fused-ring (bicyclic) bond motifs is 3. The van der Waals surface area contributed by atoms with E-state index in [-0.39, 0.29) is 11.4 Å². The normalized spacial score (nSPS) is 19.5. The zero-order valence-electron chi connectivity index (χ0n) is 9.55. The number of hydrogen-bond acceptors (Lipinski definition) is 3. The second-order valence-electron chi connectivity index (χ2n) is 4.68. The van der Waals surface area contributed by atoms with Gasteiger partial charge in [0.25, 0.3) is 5.56 Å². The van der Waals surface area contributed by atoms with Gasteiger partial charge < -0.3 is 4.98 Å². The summed E-state index contributed by atoms with van der Waals surface area (Å²) in [7, 11) is 0. The number of aryl methyl sites for hydroxylation is 1. The Balaban J connectivity index is 2.28. The molecule has 0 unspecified atom stereocenters. The van der Waals surface area contributed by atoms with Crippen molar-refractivity contribution in [3.8, 4) is 0 Å². The van der Waals surface area contributed by atoms with Gasteiger partial charge in [0.2, 0.25) is 0 Å². The van der Waals surface area contributed by atoms with Crippen LogP contribution in [0.3, 0.4) is 0 Å². The highest BCUT2D eigenvalue weighted by Crippen LogP contribution is 2.35. The minimum absolute atomic E-state index is 0.0299. The lowest BCUT2D eigenvalue weighted by Gasteiger charge is -2.17. The summed E-state index contributed by atoms with van der Waals surface area (Å²) in [5, 5.41) is 0.797. The minimum Gasteiger partial charge on any atom is -0.309 e. The fourth-order valence-electron chi connectivity index (χ4n) is 2.46. The second kappa shape index (κ2) is 4.10. The molecule has 0 bridgehead atoms. The lowest BCUT2D eigenvalue weighted by Crippen LogP contribution is -2.14. The van der Waals surface area contributed by atoms with Crippen LogP contribution in [0.15, 0.2) is 4.79 Å². The van der Waals surface area contributed by atoms with Gasteiger partial charge in [-0.1, -0.05) is 6.92 Å². The van der Waals surface area contributed by atoms with Crippen molar-refractivity contribution in [3.63, 3.8) is 0 Å². The van der Waals surface area contributed by atoms with Crippen LogP contribution in [-0.4, -0.2) is 9.97 Å². The molecule has 0 amide bonds. The molecular weight excluding hydrogens is 256 g/mol. The van der Waals surface area contributed by atoms with Crippen molar-refractivity contribution >= 4 is 33.2 Å². The quantitative estimate of drug-likeness (QED) is 0.809. The molecule has 90 valence electrons. The Bertz CT molecular complexity index is 631. The highest BCUT2D eigenvalue weighted by atomic mass is 35.5. The Morgan fingerprint density at radius 1 is 1.59 bits per heavy atom. The molecule has 0 radical (unpaired) electrons. The minimum atomic E-state index is -0.0299. The van der Waals surface area contributed by atoms with Crippen LogP contribution in [0.4, 0.5) is 0 Å². The SMILES string of the molecule is C[C@@H]1CCc2c(sc3nc(CCl)[nH]c(=O)c23)C1. The number of thiophene rings is 1. The first-order valence-corrected chi connectivity index (χ1v) is 7.13. The number of alkyl halides is 1. The van der Waals surface area contributed by atoms with Crippen molar-refractivity contribution in [1.29, 1.82) is 0 Å². The van der Waals surface area contributed by atoms with Gasteiger partial charge >= 0.3 is 0 Å². The fourth-order valence-corrected chi connectivity index (χ4v) is 3.99. The molecule has 0 saturated heterocycles. The average Bonchev–Trinajstić information content (AvgIpc) is 2.66. The molecule has 5 heteroatoms. The van der Waals surface area contributed by atoms with Gasteiger partial charge in [-0.05, 0) is 30.7 Å². The molecule has 2 aromatic heterocycles. The second-order valence-corrected chi connectivity index (χ2v) is 6.03. The third kappa shape index (κ3) is 1.79. The van der Waals surface area contributed by atoms with E-state index < -0.39 is 0 Å². The van der Waals surface area contributed by atoms with E-state index in [1.165, 1.54) is 10.4 Å². The smallest absolute Gasteiger partial charge is 0.259 e. The van der Waals surface area contributed by atoms with Crippen molar-refractivity contribution in [2.45, 2.75) is 32.1 Å². The van der Waals surface area contributed by atoms with Crippen LogP contribution in [0.1, 0.15) is 29.6 Å². The van der Waals surface area contributed by atoms with Crippen molar-refractivity contribution in [1.82, 2.24) is 9.97 Å². The largest absolute Gasteiger partial charge is 0.309 e. The lowest BCUT2D eigenvalue weighted by atomic mass is 9.89. The summed E-state index contributed by atoms with van der Waals surface area (Å²) in [5.41, 5.74) is 1.19. The third-order valence-corrected chi connectivity index (χ3v) is 4.74. The molecule has 2 aromatic rings. The van der Waals surface area contributed by atoms with E-state index in [9.17, 15) is 4.79 Å². The number of rotatable bonds is 1. The molecule has 3 nitrogen and oxygen atoms in total. The Morgan fingerprint density at radius 3 is 3.18 bits per heavy atom. The first-order chi connectivity index (χ1) is 8.19. The molecule has 0 spiro atoms. The third-order valence-electron chi connectivity index (χ3n) is 3.34. The Hall–Kier alpha value is -0.870. The van der Waals surface area contributed by atoms with Gasteiger partial charge in [-0.15, -0.1) is 22.9 Å². The Morgan fingerprint density at radius 2 is 2.41 bits per heavy atom. The molecule has 0 saturated carbocycles. The number of H-pyrrole nitrogens is 1. The van der Waals surface area contributed by atoms with E-state index >= 15 is 0 Å². The summed E-state index contributed by atoms with van der Waals surface area (Å²) in [6.07, 6.45) is 3.24. The molecule has 3 rings (SSSR count). The van der Waals surface area contributed by atoms with Crippen molar-refractivity contribution < 1.29 is 0 Å². The molecule has 1 atom stereocenters. The van der Waals surface area contributed by atoms with E-state index in [1.54, 1.807) is 11.3 Å². The fraction of sp³-hybridized carbons (Fsp3) is 0.500. The maximum Gasteiger partial charge on any atom is 0.259 e. The molecule has 0 fully saturated rings. The highest BCUT2D eigenvalue weighted by Gasteiger charge is 2.22. The maximum atomic E-state index is 12.0. The van der Waals surface area contributed by atoms with E-state index in [0.717, 1.165) is 29.5 Å². The predicted octanol–water partition coefficient (Wildman–Crippen LogP) is 2.85. The van der Waals surface area contributed by atoms with Gasteiger partial charge in [0.05, 0.1) is 11.3 Å². The molecule has 1 aliphatic carbocycles. The van der Waals surface area contributed by atoms with Crippen LogP contribution < -0.4 is 5.56 Å². The maximum absolute atomic E-state index is 12.0. The van der Waals surface area contributed by atoms with Gasteiger partial charge in [-0.2, -0.15) is 0 Å². The first kappa shape index (κ1) is 11.2. The van der Waals surface area contributed by atoms with Gasteiger partial charge in [0.1, 0.15) is 10.7 Å². The summed E-state index contributed by atoms with van der Waals surface area (Å²) in [4.78, 5) is 21.4. The zero-order valence-corrected chi connectivity index (χ0v) is 11.1. The van der Waals surface area contributed by atoms with E-state index in [2.05, 4.69) is 16.9 Å². The Labute approximate surface area is 108 Å². The Kier molecular flexibility index (Phi) is 2.71. The standard InChI is InChI=1S/C12H13ClN2OS/c1-6-2-3-7-8(4-6)17-12-10(7)11(16)14-9(5-13)15-12/h6H,2-5H2,1H3,(H,14,15,16)/t6-/m1/s1. The van der Waals surface area contributed by atoms with Crippen molar-refractivity contribution in [3.05, 3.63) is 26.6 Å². The van der Waals surface area contributed by atoms with E-state index in [1.807, 2.05) is 0 Å². The lowest BCUT2D eigenvalue weighted by molar-refractivity contribution is 0.509.